The number of hydrogen-bond donors (Lipinski definition) is 1. The number of halogens is 4. The first-order valence-electron chi connectivity index (χ1n) is 15.9. The molecule has 1 saturated carbocycles. The third-order valence-electron chi connectivity index (χ3n) is 9.15. The van der Waals surface area contributed by atoms with Crippen molar-refractivity contribution < 1.29 is 27.1 Å². The van der Waals surface area contributed by atoms with Gasteiger partial charge in [-0.15, -0.1) is 0 Å². The molecule has 0 spiro atoms. The number of amides is 1. The van der Waals surface area contributed by atoms with Gasteiger partial charge in [-0.2, -0.15) is 13.2 Å². The lowest BCUT2D eigenvalue weighted by Gasteiger charge is -2.29. The number of rotatable bonds is 8. The molecule has 1 aliphatic carbocycles. The van der Waals surface area contributed by atoms with Gasteiger partial charge in [0.15, 0.2) is 0 Å². The maximum absolute atomic E-state index is 13.6. The van der Waals surface area contributed by atoms with Gasteiger partial charge >= 0.3 is 6.18 Å². The number of alkyl halides is 3. The van der Waals surface area contributed by atoms with Crippen molar-refractivity contribution in [3.05, 3.63) is 126 Å². The Balaban J connectivity index is 1.17. The Hall–Kier alpha value is -5.25. The van der Waals surface area contributed by atoms with Crippen molar-refractivity contribution in [2.24, 2.45) is 11.7 Å². The molecule has 0 saturated heterocycles. The number of hydrogen-bond acceptors (Lipinski definition) is 4. The van der Waals surface area contributed by atoms with E-state index < -0.39 is 11.7 Å². The van der Waals surface area contributed by atoms with Crippen molar-refractivity contribution in [3.8, 4) is 16.9 Å². The number of ether oxygens (including phenoxy) is 1. The minimum absolute atomic E-state index is 0.133. The molecule has 2 atom stereocenters. The van der Waals surface area contributed by atoms with Gasteiger partial charge in [-0.1, -0.05) is 55.3 Å². The van der Waals surface area contributed by atoms with Crippen LogP contribution >= 0.6 is 0 Å². The van der Waals surface area contributed by atoms with E-state index in [1.165, 1.54) is 24.3 Å². The van der Waals surface area contributed by atoms with E-state index in [1.54, 1.807) is 6.07 Å². The van der Waals surface area contributed by atoms with Gasteiger partial charge in [-0.25, -0.2) is 14.4 Å². The molecule has 244 valence electrons. The molecule has 4 aromatic carbocycles. The predicted molar refractivity (Wildman–Crippen MR) is 176 cm³/mol. The average Bonchev–Trinajstić information content (AvgIpc) is 3.44. The largest absolute Gasteiger partial charge is 0.487 e. The summed E-state index contributed by atoms with van der Waals surface area (Å²) < 4.78 is 60.9. The average molecular weight is 653 g/mol. The van der Waals surface area contributed by atoms with Crippen molar-refractivity contribution in [1.82, 2.24) is 14.5 Å². The van der Waals surface area contributed by atoms with Crippen LogP contribution in [0.1, 0.15) is 54.2 Å². The first-order valence-corrected chi connectivity index (χ1v) is 15.9. The number of aromatic nitrogens is 3. The standard InChI is InChI=1S/C38H32F4N4O2/c39-28-14-17-33-26(19-28)11-15-29(44-33)22-48-30-16-18-35-34(20-30)45-37(32-4-2-1-3-31(32)36(43)47)46(35)21-23-5-7-24(8-6-23)25-9-12-27(13-10-25)38(40,41)42/h5-20,31-32H,1-4,21-22H2,(H2,43,47). The Labute approximate surface area is 274 Å². The topological polar surface area (TPSA) is 83.0 Å². The number of carbonyl (C=O) groups is 1. The van der Waals surface area contributed by atoms with E-state index in [4.69, 9.17) is 15.5 Å². The number of nitrogens with two attached hydrogens (primary N) is 1. The summed E-state index contributed by atoms with van der Waals surface area (Å²) in [7, 11) is 0. The molecule has 1 aliphatic rings. The first kappa shape index (κ1) is 31.4. The van der Waals surface area contributed by atoms with E-state index in [2.05, 4.69) is 9.55 Å². The van der Waals surface area contributed by atoms with Crippen LogP contribution in [0.15, 0.2) is 97.1 Å². The molecule has 10 heteroatoms. The van der Waals surface area contributed by atoms with Crippen LogP contribution in [-0.2, 0) is 24.1 Å². The molecule has 0 aliphatic heterocycles. The van der Waals surface area contributed by atoms with Gasteiger partial charge < -0.3 is 15.0 Å². The summed E-state index contributed by atoms with van der Waals surface area (Å²) in [5.74, 6) is 0.307. The molecule has 7 rings (SSSR count). The molecule has 48 heavy (non-hydrogen) atoms. The second-order valence-electron chi connectivity index (χ2n) is 12.3. The zero-order valence-corrected chi connectivity index (χ0v) is 25.9. The van der Waals surface area contributed by atoms with Crippen molar-refractivity contribution in [2.45, 2.75) is 50.9 Å². The maximum Gasteiger partial charge on any atom is 0.416 e. The molecule has 2 unspecified atom stereocenters. The maximum atomic E-state index is 13.6. The Morgan fingerprint density at radius 3 is 2.29 bits per heavy atom. The van der Waals surface area contributed by atoms with E-state index in [1.807, 2.05) is 54.6 Å². The molecule has 6 nitrogen and oxygen atoms in total. The first-order chi connectivity index (χ1) is 23.1. The molecule has 0 bridgehead atoms. The minimum atomic E-state index is -4.39. The van der Waals surface area contributed by atoms with Gasteiger partial charge in [0.2, 0.25) is 5.91 Å². The summed E-state index contributed by atoms with van der Waals surface area (Å²) in [6.45, 7) is 0.687. The van der Waals surface area contributed by atoms with E-state index in [0.29, 0.717) is 40.9 Å². The Kier molecular flexibility index (Phi) is 8.33. The van der Waals surface area contributed by atoms with Crippen LogP contribution in [0.5, 0.6) is 5.75 Å². The lowest BCUT2D eigenvalue weighted by molar-refractivity contribution is -0.137. The third-order valence-corrected chi connectivity index (χ3v) is 9.15. The van der Waals surface area contributed by atoms with Crippen LogP contribution in [0, 0.1) is 11.7 Å². The summed E-state index contributed by atoms with van der Waals surface area (Å²) in [5.41, 5.74) is 10.6. The summed E-state index contributed by atoms with van der Waals surface area (Å²) >= 11 is 0. The second kappa shape index (κ2) is 12.7. The van der Waals surface area contributed by atoms with Crippen LogP contribution < -0.4 is 10.5 Å². The van der Waals surface area contributed by atoms with Crippen LogP contribution in [0.25, 0.3) is 33.1 Å². The van der Waals surface area contributed by atoms with Crippen LogP contribution in [0.4, 0.5) is 17.6 Å². The number of fused-ring (bicyclic) bond motifs is 2. The highest BCUT2D eigenvalue weighted by molar-refractivity contribution is 5.81. The molecule has 0 radical (unpaired) electrons. The fourth-order valence-electron chi connectivity index (χ4n) is 6.66. The minimum Gasteiger partial charge on any atom is -0.487 e. The van der Waals surface area contributed by atoms with Gasteiger partial charge in [-0.05, 0) is 78.1 Å². The quantitative estimate of drug-likeness (QED) is 0.167. The molecule has 1 fully saturated rings. The Morgan fingerprint density at radius 2 is 1.56 bits per heavy atom. The lowest BCUT2D eigenvalue weighted by Crippen LogP contribution is -2.32. The molecule has 6 aromatic rings. The van der Waals surface area contributed by atoms with E-state index >= 15 is 0 Å². The summed E-state index contributed by atoms with van der Waals surface area (Å²) in [5, 5.41) is 0.712. The number of pyridine rings is 1. The highest BCUT2D eigenvalue weighted by Gasteiger charge is 2.34. The zero-order chi connectivity index (χ0) is 33.4. The van der Waals surface area contributed by atoms with Gasteiger partial charge in [0.05, 0.1) is 27.8 Å². The molecule has 2 heterocycles. The Morgan fingerprint density at radius 1 is 0.833 bits per heavy atom. The number of benzene rings is 4. The van der Waals surface area contributed by atoms with Gasteiger partial charge in [0, 0.05) is 29.8 Å². The molecular weight excluding hydrogens is 620 g/mol. The highest BCUT2D eigenvalue weighted by Crippen LogP contribution is 2.39. The number of carbonyl (C=O) groups excluding carboxylic acids is 1. The van der Waals surface area contributed by atoms with Gasteiger partial charge in [-0.3, -0.25) is 4.79 Å². The lowest BCUT2D eigenvalue weighted by atomic mass is 9.78. The Bertz CT molecular complexity index is 2110. The smallest absolute Gasteiger partial charge is 0.416 e. The summed E-state index contributed by atoms with van der Waals surface area (Å²) in [4.78, 5) is 22.2. The predicted octanol–water partition coefficient (Wildman–Crippen LogP) is 8.80. The zero-order valence-electron chi connectivity index (χ0n) is 25.9. The third kappa shape index (κ3) is 6.47. The van der Waals surface area contributed by atoms with E-state index in [0.717, 1.165) is 59.4 Å². The van der Waals surface area contributed by atoms with Crippen molar-refractivity contribution >= 4 is 27.8 Å². The number of primary amides is 1. The van der Waals surface area contributed by atoms with Crippen molar-refractivity contribution in [1.29, 1.82) is 0 Å². The second-order valence-corrected chi connectivity index (χ2v) is 12.3. The molecule has 2 aromatic heterocycles. The summed E-state index contributed by atoms with van der Waals surface area (Å²) in [6, 6.07) is 26.6. The number of imidazole rings is 1. The monoisotopic (exact) mass is 652 g/mol. The molecule has 1 amide bonds. The van der Waals surface area contributed by atoms with Gasteiger partial charge in [0.1, 0.15) is 24.0 Å². The summed E-state index contributed by atoms with van der Waals surface area (Å²) in [6.07, 6.45) is -0.968. The molecule has 2 N–H and O–H groups in total. The van der Waals surface area contributed by atoms with E-state index in [-0.39, 0.29) is 30.2 Å². The van der Waals surface area contributed by atoms with Crippen LogP contribution in [0.2, 0.25) is 0 Å². The van der Waals surface area contributed by atoms with Crippen molar-refractivity contribution in [2.75, 3.05) is 0 Å². The van der Waals surface area contributed by atoms with Gasteiger partial charge in [0.25, 0.3) is 0 Å². The fraction of sp³-hybridized carbons (Fsp3) is 0.237. The molecular formula is C38H32F4N4O2. The SMILES string of the molecule is NC(=O)C1CCCCC1c1nc2cc(OCc3ccc4cc(F)ccc4n3)ccc2n1Cc1ccc(-c2ccc(C(F)(F)F)cc2)cc1. The highest BCUT2D eigenvalue weighted by atomic mass is 19.4. The normalized spacial score (nSPS) is 16.8. The van der Waals surface area contributed by atoms with Crippen LogP contribution in [0.3, 0.4) is 0 Å². The van der Waals surface area contributed by atoms with Crippen LogP contribution in [-0.4, -0.2) is 20.4 Å². The fourth-order valence-corrected chi connectivity index (χ4v) is 6.66. The van der Waals surface area contributed by atoms with E-state index in [9.17, 15) is 22.4 Å². The van der Waals surface area contributed by atoms with Crippen molar-refractivity contribution in [3.63, 3.8) is 0 Å². The number of nitrogens with zero attached hydrogens (tertiary/aromatic N) is 3.